The first-order chi connectivity index (χ1) is 13.7. The smallest absolute Gasteiger partial charge is 0.266 e. The van der Waals surface area contributed by atoms with E-state index in [4.69, 9.17) is 0 Å². The molecule has 0 saturated carbocycles. The Bertz CT molecular complexity index is 897. The second kappa shape index (κ2) is 9.22. The molecule has 0 aromatic carbocycles. The monoisotopic (exact) mass is 416 g/mol. The van der Waals surface area contributed by atoms with Gasteiger partial charge in [0.15, 0.2) is 0 Å². The van der Waals surface area contributed by atoms with Crippen molar-refractivity contribution >= 4 is 17.2 Å². The Kier molecular flexibility index (Phi) is 6.90. The van der Waals surface area contributed by atoms with Crippen LogP contribution < -0.4 is 10.9 Å². The van der Waals surface area contributed by atoms with Gasteiger partial charge in [0, 0.05) is 35.5 Å². The molecule has 2 aromatic rings. The van der Waals surface area contributed by atoms with Gasteiger partial charge in [-0.25, -0.2) is 4.68 Å². The van der Waals surface area contributed by atoms with Crippen LogP contribution >= 0.6 is 11.3 Å². The maximum absolute atomic E-state index is 12.4. The number of hydrogen-bond acceptors (Lipinski definition) is 5. The summed E-state index contributed by atoms with van der Waals surface area (Å²) in [4.78, 5) is 28.9. The highest BCUT2D eigenvalue weighted by Gasteiger charge is 2.23. The molecule has 3 heterocycles. The van der Waals surface area contributed by atoms with E-state index >= 15 is 0 Å². The number of hydrogen-bond donors (Lipinski definition) is 1. The molecule has 7 heteroatoms. The molecule has 2 aromatic heterocycles. The number of nitrogens with one attached hydrogen (secondary N) is 1. The summed E-state index contributed by atoms with van der Waals surface area (Å²) in [6.45, 7) is 11.3. The summed E-state index contributed by atoms with van der Waals surface area (Å²) >= 11 is 1.52. The Morgan fingerprint density at radius 1 is 1.21 bits per heavy atom. The number of likely N-dealkylation sites (tertiary alicyclic amines) is 1. The molecule has 3 rings (SSSR count). The van der Waals surface area contributed by atoms with Gasteiger partial charge in [0.25, 0.3) is 11.5 Å². The number of carbonyl (C=O) groups excluding carboxylic acids is 1. The van der Waals surface area contributed by atoms with E-state index in [-0.39, 0.29) is 16.9 Å². The fourth-order valence-corrected chi connectivity index (χ4v) is 4.46. The molecule has 1 fully saturated rings. The number of aromatic nitrogens is 2. The molecule has 1 aliphatic heterocycles. The molecule has 0 aliphatic carbocycles. The first kappa shape index (κ1) is 21.7. The minimum atomic E-state index is -0.0897. The van der Waals surface area contributed by atoms with Crippen molar-refractivity contribution in [1.82, 2.24) is 20.0 Å². The minimum Gasteiger partial charge on any atom is -0.350 e. The molecule has 29 heavy (non-hydrogen) atoms. The quantitative estimate of drug-likeness (QED) is 0.785. The molecule has 0 bridgehead atoms. The highest BCUT2D eigenvalue weighted by Crippen LogP contribution is 2.19. The number of amides is 1. The molecule has 1 atom stereocenters. The summed E-state index contributed by atoms with van der Waals surface area (Å²) in [5, 5.41) is 7.67. The Labute approximate surface area is 176 Å². The van der Waals surface area contributed by atoms with Crippen molar-refractivity contribution in [3.63, 3.8) is 0 Å². The largest absolute Gasteiger partial charge is 0.350 e. The van der Waals surface area contributed by atoms with Crippen LogP contribution in [0.3, 0.4) is 0 Å². The van der Waals surface area contributed by atoms with Gasteiger partial charge in [-0.3, -0.25) is 14.5 Å². The van der Waals surface area contributed by atoms with E-state index in [1.54, 1.807) is 10.7 Å². The fourth-order valence-electron chi connectivity index (χ4n) is 3.67. The molecule has 1 amide bonds. The Hall–Kier alpha value is -1.99. The van der Waals surface area contributed by atoms with E-state index in [9.17, 15) is 9.59 Å². The predicted molar refractivity (Wildman–Crippen MR) is 118 cm³/mol. The summed E-state index contributed by atoms with van der Waals surface area (Å²) in [5.41, 5.74) is 0.770. The van der Waals surface area contributed by atoms with Crippen LogP contribution in [0.15, 0.2) is 29.1 Å². The fraction of sp³-hybridized carbons (Fsp3) is 0.591. The molecule has 0 radical (unpaired) electrons. The van der Waals surface area contributed by atoms with E-state index in [1.807, 2.05) is 25.1 Å². The SMILES string of the molecule is Cc1ccc(C(=O)NCC2CCCCN2CCn2nc(C(C)(C)C)ccc2=O)s1. The van der Waals surface area contributed by atoms with Crippen LogP contribution in [0.5, 0.6) is 0 Å². The van der Waals surface area contributed by atoms with E-state index < -0.39 is 0 Å². The zero-order valence-electron chi connectivity index (χ0n) is 17.9. The van der Waals surface area contributed by atoms with Crippen molar-refractivity contribution in [3.05, 3.63) is 50.1 Å². The van der Waals surface area contributed by atoms with Crippen LogP contribution in [0.25, 0.3) is 0 Å². The third-order valence-corrected chi connectivity index (χ3v) is 6.44. The Morgan fingerprint density at radius 2 is 2.00 bits per heavy atom. The molecular weight excluding hydrogens is 384 g/mol. The summed E-state index contributed by atoms with van der Waals surface area (Å²) < 4.78 is 1.58. The summed E-state index contributed by atoms with van der Waals surface area (Å²) in [5.74, 6) is 0.00406. The number of aryl methyl sites for hydroxylation is 1. The Morgan fingerprint density at radius 3 is 2.69 bits per heavy atom. The van der Waals surface area contributed by atoms with Gasteiger partial charge in [-0.05, 0) is 44.5 Å². The average molecular weight is 417 g/mol. The van der Waals surface area contributed by atoms with E-state index in [1.165, 1.54) is 17.8 Å². The zero-order valence-corrected chi connectivity index (χ0v) is 18.7. The summed E-state index contributed by atoms with van der Waals surface area (Å²) in [6.07, 6.45) is 3.39. The standard InChI is InChI=1S/C22H32N4O2S/c1-16-8-9-18(29-16)21(28)23-15-17-7-5-6-12-25(17)13-14-26-20(27)11-10-19(24-26)22(2,3)4/h8-11,17H,5-7,12-15H2,1-4H3,(H,23,28). The first-order valence-corrected chi connectivity index (χ1v) is 11.2. The van der Waals surface area contributed by atoms with Gasteiger partial charge < -0.3 is 5.32 Å². The van der Waals surface area contributed by atoms with Crippen LogP contribution in [-0.4, -0.2) is 46.3 Å². The highest BCUT2D eigenvalue weighted by atomic mass is 32.1. The van der Waals surface area contributed by atoms with Crippen molar-refractivity contribution in [2.24, 2.45) is 0 Å². The predicted octanol–water partition coefficient (Wildman–Crippen LogP) is 3.20. The lowest BCUT2D eigenvalue weighted by Crippen LogP contribution is -2.48. The zero-order chi connectivity index (χ0) is 21.0. The number of carbonyl (C=O) groups is 1. The van der Waals surface area contributed by atoms with Gasteiger partial charge in [-0.2, -0.15) is 5.10 Å². The average Bonchev–Trinajstić information content (AvgIpc) is 3.11. The second-order valence-electron chi connectivity index (χ2n) is 8.84. The van der Waals surface area contributed by atoms with Crippen LogP contribution in [-0.2, 0) is 12.0 Å². The summed E-state index contributed by atoms with van der Waals surface area (Å²) in [6, 6.07) is 7.60. The third kappa shape index (κ3) is 5.76. The van der Waals surface area contributed by atoms with Gasteiger partial charge in [0.2, 0.25) is 0 Å². The molecule has 0 spiro atoms. The lowest BCUT2D eigenvalue weighted by molar-refractivity contribution is 0.0913. The van der Waals surface area contributed by atoms with Crippen LogP contribution in [0.1, 0.15) is 60.3 Å². The second-order valence-corrected chi connectivity index (χ2v) is 10.1. The highest BCUT2D eigenvalue weighted by molar-refractivity contribution is 7.13. The summed E-state index contributed by atoms with van der Waals surface area (Å²) in [7, 11) is 0. The van der Waals surface area contributed by atoms with Crippen molar-refractivity contribution in [2.45, 2.75) is 65.0 Å². The van der Waals surface area contributed by atoms with Gasteiger partial charge >= 0.3 is 0 Å². The maximum atomic E-state index is 12.4. The molecule has 1 N–H and O–H groups in total. The lowest BCUT2D eigenvalue weighted by Gasteiger charge is -2.35. The normalized spacial score (nSPS) is 18.0. The van der Waals surface area contributed by atoms with Crippen LogP contribution in [0.4, 0.5) is 0 Å². The number of nitrogens with zero attached hydrogens (tertiary/aromatic N) is 3. The van der Waals surface area contributed by atoms with Crippen molar-refractivity contribution in [1.29, 1.82) is 0 Å². The van der Waals surface area contributed by atoms with Crippen LogP contribution in [0, 0.1) is 6.92 Å². The third-order valence-electron chi connectivity index (χ3n) is 5.45. The minimum absolute atomic E-state index is 0.00406. The van der Waals surface area contributed by atoms with Crippen LogP contribution in [0.2, 0.25) is 0 Å². The maximum Gasteiger partial charge on any atom is 0.266 e. The van der Waals surface area contributed by atoms with Gasteiger partial charge in [-0.15, -0.1) is 11.3 Å². The lowest BCUT2D eigenvalue weighted by atomic mass is 9.92. The van der Waals surface area contributed by atoms with Gasteiger partial charge in [0.1, 0.15) is 0 Å². The first-order valence-electron chi connectivity index (χ1n) is 10.4. The van der Waals surface area contributed by atoms with E-state index in [2.05, 4.69) is 36.1 Å². The van der Waals surface area contributed by atoms with Gasteiger partial charge in [-0.1, -0.05) is 27.2 Å². The number of piperidine rings is 1. The molecular formula is C22H32N4O2S. The molecule has 1 aliphatic rings. The molecule has 158 valence electrons. The Balaban J connectivity index is 1.60. The van der Waals surface area contributed by atoms with E-state index in [0.29, 0.717) is 19.1 Å². The van der Waals surface area contributed by atoms with Gasteiger partial charge in [0.05, 0.1) is 17.1 Å². The molecule has 1 unspecified atom stereocenters. The van der Waals surface area contributed by atoms with Crippen molar-refractivity contribution in [3.8, 4) is 0 Å². The number of rotatable bonds is 6. The molecule has 6 nitrogen and oxygen atoms in total. The van der Waals surface area contributed by atoms with E-state index in [0.717, 1.165) is 41.4 Å². The van der Waals surface area contributed by atoms with Crippen molar-refractivity contribution in [2.75, 3.05) is 19.6 Å². The number of thiophene rings is 1. The van der Waals surface area contributed by atoms with Crippen molar-refractivity contribution < 1.29 is 4.79 Å². The molecule has 1 saturated heterocycles. The topological polar surface area (TPSA) is 67.2 Å².